The molecule has 0 aliphatic carbocycles. The van der Waals surface area contributed by atoms with Crippen molar-refractivity contribution in [3.8, 4) is 0 Å². The first-order valence-electron chi connectivity index (χ1n) is 7.37. The van der Waals surface area contributed by atoms with Crippen molar-refractivity contribution < 1.29 is 14.3 Å². The molecule has 0 aliphatic rings. The highest BCUT2D eigenvalue weighted by Gasteiger charge is 1.99. The number of hydrogen-bond donors (Lipinski definition) is 0. The Morgan fingerprint density at radius 2 is 1.45 bits per heavy atom. The zero-order valence-electron chi connectivity index (χ0n) is 13.5. The normalized spacial score (nSPS) is 8.50. The summed E-state index contributed by atoms with van der Waals surface area (Å²) in [5.41, 5.74) is 1.90. The first kappa shape index (κ1) is 19.6. The quantitative estimate of drug-likeness (QED) is 0.624. The second kappa shape index (κ2) is 13.6. The molecule has 0 spiro atoms. The first-order valence-corrected chi connectivity index (χ1v) is 7.37. The topological polar surface area (TPSA) is 43.4 Å². The van der Waals surface area contributed by atoms with Crippen LogP contribution in [0.25, 0.3) is 0 Å². The van der Waals surface area contributed by atoms with Crippen LogP contribution in [0.3, 0.4) is 0 Å². The molecule has 2 rings (SSSR count). The molecule has 0 unspecified atom stereocenters. The van der Waals surface area contributed by atoms with E-state index in [2.05, 4.69) is 4.74 Å². The van der Waals surface area contributed by atoms with Crippen molar-refractivity contribution in [3.63, 3.8) is 0 Å². The molecule has 0 amide bonds. The Morgan fingerprint density at radius 1 is 0.955 bits per heavy atom. The lowest BCUT2D eigenvalue weighted by atomic mass is 10.1. The Balaban J connectivity index is 0.000000382. The maximum absolute atomic E-state index is 10.8. The van der Waals surface area contributed by atoms with Crippen LogP contribution >= 0.6 is 0 Å². The lowest BCUT2D eigenvalue weighted by molar-refractivity contribution is -0.140. The van der Waals surface area contributed by atoms with E-state index in [4.69, 9.17) is 0 Å². The minimum Gasteiger partial charge on any atom is -0.469 e. The van der Waals surface area contributed by atoms with E-state index < -0.39 is 0 Å². The Labute approximate surface area is 132 Å². The zero-order valence-corrected chi connectivity index (χ0v) is 13.5. The SMILES string of the molecule is CC.COC(=O)CCc1ccccc1.O=Cc1ccccc1. The number of rotatable bonds is 4. The Hall–Kier alpha value is -2.42. The molecule has 0 bridgehead atoms. The Morgan fingerprint density at radius 3 is 1.86 bits per heavy atom. The van der Waals surface area contributed by atoms with E-state index in [0.29, 0.717) is 6.42 Å². The van der Waals surface area contributed by atoms with Gasteiger partial charge in [0.25, 0.3) is 0 Å². The van der Waals surface area contributed by atoms with Crippen LogP contribution in [-0.2, 0) is 16.0 Å². The van der Waals surface area contributed by atoms with E-state index in [0.717, 1.165) is 18.3 Å². The molecule has 0 aromatic heterocycles. The third-order valence-corrected chi connectivity index (χ3v) is 2.62. The molecule has 118 valence electrons. The van der Waals surface area contributed by atoms with Gasteiger partial charge in [0.15, 0.2) is 0 Å². The third kappa shape index (κ3) is 9.48. The molecule has 0 aliphatic heterocycles. The van der Waals surface area contributed by atoms with Crippen molar-refractivity contribution in [1.29, 1.82) is 0 Å². The molecule has 2 aromatic carbocycles. The summed E-state index contributed by atoms with van der Waals surface area (Å²) >= 11 is 0. The molecule has 0 heterocycles. The number of aryl methyl sites for hydroxylation is 1. The molecule has 0 N–H and O–H groups in total. The predicted octanol–water partition coefficient (Wildman–Crippen LogP) is 4.32. The van der Waals surface area contributed by atoms with Gasteiger partial charge in [0.1, 0.15) is 6.29 Å². The van der Waals surface area contributed by atoms with Gasteiger partial charge in [0.2, 0.25) is 0 Å². The van der Waals surface area contributed by atoms with Crippen molar-refractivity contribution in [2.24, 2.45) is 0 Å². The van der Waals surface area contributed by atoms with Gasteiger partial charge in [-0.1, -0.05) is 74.5 Å². The van der Waals surface area contributed by atoms with E-state index in [1.165, 1.54) is 12.7 Å². The Bertz CT molecular complexity index is 507. The summed E-state index contributed by atoms with van der Waals surface area (Å²) in [5, 5.41) is 0. The Kier molecular flexibility index (Phi) is 12.1. The molecular weight excluding hydrogens is 276 g/mol. The van der Waals surface area contributed by atoms with Crippen LogP contribution in [0.2, 0.25) is 0 Å². The molecule has 0 saturated heterocycles. The van der Waals surface area contributed by atoms with Gasteiger partial charge >= 0.3 is 5.97 Å². The second-order valence-corrected chi connectivity index (χ2v) is 4.09. The highest BCUT2D eigenvalue weighted by Crippen LogP contribution is 2.02. The number of hydrogen-bond acceptors (Lipinski definition) is 3. The fourth-order valence-corrected chi connectivity index (χ4v) is 1.52. The van der Waals surface area contributed by atoms with Crippen molar-refractivity contribution in [2.45, 2.75) is 26.7 Å². The second-order valence-electron chi connectivity index (χ2n) is 4.09. The molecule has 22 heavy (non-hydrogen) atoms. The van der Waals surface area contributed by atoms with E-state index >= 15 is 0 Å². The molecule has 0 atom stereocenters. The van der Waals surface area contributed by atoms with Crippen LogP contribution in [-0.4, -0.2) is 19.4 Å². The summed E-state index contributed by atoms with van der Waals surface area (Å²) in [6.45, 7) is 4.00. The summed E-state index contributed by atoms with van der Waals surface area (Å²) in [7, 11) is 1.41. The van der Waals surface area contributed by atoms with Gasteiger partial charge in [-0.15, -0.1) is 0 Å². The number of benzene rings is 2. The fraction of sp³-hybridized carbons (Fsp3) is 0.263. The molecule has 0 fully saturated rings. The summed E-state index contributed by atoms with van der Waals surface area (Å²) < 4.78 is 4.53. The molecule has 0 saturated carbocycles. The first-order chi connectivity index (χ1) is 10.8. The molecule has 0 radical (unpaired) electrons. The maximum atomic E-state index is 10.8. The van der Waals surface area contributed by atoms with Gasteiger partial charge in [-0.25, -0.2) is 0 Å². The summed E-state index contributed by atoms with van der Waals surface area (Å²) in [6, 6.07) is 19.0. The van der Waals surface area contributed by atoms with Crippen molar-refractivity contribution in [2.75, 3.05) is 7.11 Å². The number of carbonyl (C=O) groups is 2. The number of aldehydes is 1. The standard InChI is InChI=1S/C10H12O2.C7H6O.C2H6/c1-12-10(11)8-7-9-5-3-2-4-6-9;8-6-7-4-2-1-3-5-7;1-2/h2-6H,7-8H2,1H3;1-6H;1-2H3. The van der Waals surface area contributed by atoms with Crippen LogP contribution in [0.1, 0.15) is 36.2 Å². The van der Waals surface area contributed by atoms with Crippen LogP contribution in [0, 0.1) is 0 Å². The van der Waals surface area contributed by atoms with Gasteiger partial charge in [0, 0.05) is 12.0 Å². The van der Waals surface area contributed by atoms with E-state index in [1.54, 1.807) is 12.1 Å². The maximum Gasteiger partial charge on any atom is 0.305 e. The smallest absolute Gasteiger partial charge is 0.305 e. The molecule has 3 heteroatoms. The van der Waals surface area contributed by atoms with Gasteiger partial charge < -0.3 is 4.74 Å². The minimum atomic E-state index is -0.154. The summed E-state index contributed by atoms with van der Waals surface area (Å²) in [6.07, 6.45) is 2.05. The molecule has 3 nitrogen and oxygen atoms in total. The highest BCUT2D eigenvalue weighted by atomic mass is 16.5. The lowest BCUT2D eigenvalue weighted by Crippen LogP contribution is -2.01. The van der Waals surface area contributed by atoms with Gasteiger partial charge in [-0.2, -0.15) is 0 Å². The van der Waals surface area contributed by atoms with Crippen LogP contribution in [0.4, 0.5) is 0 Å². The molecular formula is C19H24O3. The monoisotopic (exact) mass is 300 g/mol. The lowest BCUT2D eigenvalue weighted by Gasteiger charge is -1.98. The number of methoxy groups -OCH3 is 1. The van der Waals surface area contributed by atoms with Crippen LogP contribution < -0.4 is 0 Å². The molecule has 2 aromatic rings. The zero-order chi connectivity index (χ0) is 16.6. The van der Waals surface area contributed by atoms with E-state index in [1.807, 2.05) is 62.4 Å². The van der Waals surface area contributed by atoms with Gasteiger partial charge in [0.05, 0.1) is 7.11 Å². The van der Waals surface area contributed by atoms with Crippen molar-refractivity contribution >= 4 is 12.3 Å². The number of ether oxygens (including phenoxy) is 1. The largest absolute Gasteiger partial charge is 0.469 e. The van der Waals surface area contributed by atoms with E-state index in [-0.39, 0.29) is 5.97 Å². The van der Waals surface area contributed by atoms with Gasteiger partial charge in [-0.05, 0) is 12.0 Å². The summed E-state index contributed by atoms with van der Waals surface area (Å²) in [5.74, 6) is -0.154. The predicted molar refractivity (Wildman–Crippen MR) is 90.0 cm³/mol. The van der Waals surface area contributed by atoms with Gasteiger partial charge in [-0.3, -0.25) is 9.59 Å². The van der Waals surface area contributed by atoms with E-state index in [9.17, 15) is 9.59 Å². The average molecular weight is 300 g/mol. The van der Waals surface area contributed by atoms with Crippen LogP contribution in [0.5, 0.6) is 0 Å². The average Bonchev–Trinajstić information content (AvgIpc) is 2.63. The third-order valence-electron chi connectivity index (χ3n) is 2.62. The van der Waals surface area contributed by atoms with Crippen molar-refractivity contribution in [3.05, 3.63) is 71.8 Å². The highest BCUT2D eigenvalue weighted by molar-refractivity contribution is 5.74. The minimum absolute atomic E-state index is 0.154. The number of carbonyl (C=O) groups excluding carboxylic acids is 2. The summed E-state index contributed by atoms with van der Waals surface area (Å²) in [4.78, 5) is 20.8. The fourth-order valence-electron chi connectivity index (χ4n) is 1.52. The van der Waals surface area contributed by atoms with Crippen LogP contribution in [0.15, 0.2) is 60.7 Å². The van der Waals surface area contributed by atoms with Crippen molar-refractivity contribution in [1.82, 2.24) is 0 Å². The number of esters is 1.